The highest BCUT2D eigenvalue weighted by molar-refractivity contribution is 7.89. The molecule has 1 heterocycles. The van der Waals surface area contributed by atoms with Crippen molar-refractivity contribution in [1.82, 2.24) is 9.62 Å². The summed E-state index contributed by atoms with van der Waals surface area (Å²) < 4.78 is 26.9. The first-order chi connectivity index (χ1) is 10.7. The van der Waals surface area contributed by atoms with E-state index < -0.39 is 16.0 Å². The minimum atomic E-state index is -3.83. The zero-order valence-electron chi connectivity index (χ0n) is 13.3. The summed E-state index contributed by atoms with van der Waals surface area (Å²) in [5.74, 6) is -1.73. The number of hydrogen-bond donors (Lipinski definition) is 2. The third kappa shape index (κ3) is 3.23. The predicted octanol–water partition coefficient (Wildman–Crippen LogP) is 0.758. The molecule has 0 aliphatic carbocycles. The van der Waals surface area contributed by atoms with Crippen molar-refractivity contribution in [3.63, 3.8) is 0 Å². The molecule has 1 atom stereocenters. The molecule has 0 spiro atoms. The van der Waals surface area contributed by atoms with Crippen molar-refractivity contribution in [2.45, 2.75) is 25.2 Å². The summed E-state index contributed by atoms with van der Waals surface area (Å²) >= 11 is 0. The van der Waals surface area contributed by atoms with Gasteiger partial charge in [0, 0.05) is 20.1 Å². The first kappa shape index (κ1) is 17.4. The van der Waals surface area contributed by atoms with Crippen LogP contribution in [0.3, 0.4) is 0 Å². The van der Waals surface area contributed by atoms with Gasteiger partial charge in [-0.15, -0.1) is 0 Å². The number of nitrogens with one attached hydrogen (secondary N) is 1. The molecular weight excluding hydrogens is 320 g/mol. The van der Waals surface area contributed by atoms with Crippen LogP contribution in [0.4, 0.5) is 0 Å². The number of carbonyl (C=O) groups is 2. The summed E-state index contributed by atoms with van der Waals surface area (Å²) in [7, 11) is -2.32. The molecule has 7 nitrogen and oxygen atoms in total. The summed E-state index contributed by atoms with van der Waals surface area (Å²) in [6, 6.07) is 2.64. The van der Waals surface area contributed by atoms with Crippen LogP contribution in [0.25, 0.3) is 0 Å². The Bertz CT molecular complexity index is 757. The number of aromatic carboxylic acids is 1. The number of rotatable bonds is 4. The van der Waals surface area contributed by atoms with Crippen LogP contribution >= 0.6 is 0 Å². The Balaban J connectivity index is 2.41. The smallest absolute Gasteiger partial charge is 0.335 e. The van der Waals surface area contributed by atoms with Gasteiger partial charge in [-0.05, 0) is 43.5 Å². The van der Waals surface area contributed by atoms with Gasteiger partial charge in [0.1, 0.15) is 0 Å². The summed E-state index contributed by atoms with van der Waals surface area (Å²) in [4.78, 5) is 22.9. The van der Waals surface area contributed by atoms with Crippen molar-refractivity contribution in [2.24, 2.45) is 5.92 Å². The third-order valence-corrected chi connectivity index (χ3v) is 6.24. The van der Waals surface area contributed by atoms with E-state index in [2.05, 4.69) is 5.32 Å². The quantitative estimate of drug-likeness (QED) is 0.842. The molecule has 0 bridgehead atoms. The molecule has 126 valence electrons. The zero-order valence-corrected chi connectivity index (χ0v) is 14.1. The van der Waals surface area contributed by atoms with E-state index in [9.17, 15) is 18.0 Å². The van der Waals surface area contributed by atoms with Gasteiger partial charge in [-0.3, -0.25) is 4.79 Å². The van der Waals surface area contributed by atoms with Crippen LogP contribution in [0.15, 0.2) is 17.0 Å². The lowest BCUT2D eigenvalue weighted by atomic mass is 10.1. The fourth-order valence-electron chi connectivity index (χ4n) is 2.72. The van der Waals surface area contributed by atoms with E-state index in [1.807, 2.05) is 0 Å². The number of amides is 1. The Kier molecular flexibility index (Phi) is 4.76. The molecular formula is C15H20N2O5S. The molecule has 1 unspecified atom stereocenters. The standard InChI is InChI=1S/C15H20N2O5S/c1-9-6-12(15(19)20)7-13(10(9)2)23(21,22)17-5-4-11(8-17)14(18)16-3/h6-7,11H,4-5,8H2,1-3H3,(H,16,18)(H,19,20). The van der Waals surface area contributed by atoms with E-state index in [-0.39, 0.29) is 35.4 Å². The van der Waals surface area contributed by atoms with Crippen molar-refractivity contribution in [3.8, 4) is 0 Å². The van der Waals surface area contributed by atoms with E-state index in [4.69, 9.17) is 5.11 Å². The van der Waals surface area contributed by atoms with Crippen LogP contribution in [0, 0.1) is 19.8 Å². The van der Waals surface area contributed by atoms with Crippen LogP contribution < -0.4 is 5.32 Å². The first-order valence-corrected chi connectivity index (χ1v) is 8.68. The number of carboxylic acids is 1. The topological polar surface area (TPSA) is 104 Å². The molecule has 0 saturated carbocycles. The largest absolute Gasteiger partial charge is 0.478 e. The van der Waals surface area contributed by atoms with Gasteiger partial charge in [-0.1, -0.05) is 0 Å². The van der Waals surface area contributed by atoms with Crippen LogP contribution in [0.2, 0.25) is 0 Å². The molecule has 1 aliphatic heterocycles. The van der Waals surface area contributed by atoms with Crippen LogP contribution in [0.1, 0.15) is 27.9 Å². The average Bonchev–Trinajstić information content (AvgIpc) is 2.99. The summed E-state index contributed by atoms with van der Waals surface area (Å²) in [5, 5.41) is 11.7. The number of aryl methyl sites for hydroxylation is 1. The molecule has 1 amide bonds. The average molecular weight is 340 g/mol. The van der Waals surface area contributed by atoms with E-state index in [1.54, 1.807) is 13.8 Å². The highest BCUT2D eigenvalue weighted by Gasteiger charge is 2.36. The van der Waals surface area contributed by atoms with Crippen molar-refractivity contribution in [3.05, 3.63) is 28.8 Å². The molecule has 2 rings (SSSR count). The summed E-state index contributed by atoms with van der Waals surface area (Å²) in [6.07, 6.45) is 0.454. The van der Waals surface area contributed by atoms with E-state index in [0.717, 1.165) is 0 Å². The molecule has 0 aromatic heterocycles. The highest BCUT2D eigenvalue weighted by Crippen LogP contribution is 2.28. The highest BCUT2D eigenvalue weighted by atomic mass is 32.2. The maximum atomic E-state index is 12.8. The first-order valence-electron chi connectivity index (χ1n) is 7.24. The maximum Gasteiger partial charge on any atom is 0.335 e. The van der Waals surface area contributed by atoms with Crippen molar-refractivity contribution < 1.29 is 23.1 Å². The Morgan fingerprint density at radius 1 is 1.30 bits per heavy atom. The van der Waals surface area contributed by atoms with Gasteiger partial charge in [0.25, 0.3) is 0 Å². The van der Waals surface area contributed by atoms with Gasteiger partial charge in [-0.25, -0.2) is 13.2 Å². The molecule has 23 heavy (non-hydrogen) atoms. The zero-order chi connectivity index (χ0) is 17.4. The number of sulfonamides is 1. The minimum Gasteiger partial charge on any atom is -0.478 e. The van der Waals surface area contributed by atoms with Crippen molar-refractivity contribution in [2.75, 3.05) is 20.1 Å². The fraction of sp³-hybridized carbons (Fsp3) is 0.467. The Labute approximate surface area is 135 Å². The van der Waals surface area contributed by atoms with Gasteiger partial charge in [0.15, 0.2) is 0 Å². The van der Waals surface area contributed by atoms with Crippen molar-refractivity contribution >= 4 is 21.9 Å². The number of carboxylic acid groups (broad SMARTS) is 1. The van der Waals surface area contributed by atoms with Gasteiger partial charge >= 0.3 is 5.97 Å². The van der Waals surface area contributed by atoms with Crippen molar-refractivity contribution in [1.29, 1.82) is 0 Å². The third-order valence-electron chi connectivity index (χ3n) is 4.25. The predicted molar refractivity (Wildman–Crippen MR) is 83.8 cm³/mol. The molecule has 1 fully saturated rings. The van der Waals surface area contributed by atoms with Gasteiger partial charge in [-0.2, -0.15) is 4.31 Å². The Morgan fingerprint density at radius 2 is 1.96 bits per heavy atom. The van der Waals surface area contributed by atoms with E-state index in [0.29, 0.717) is 17.5 Å². The molecule has 2 N–H and O–H groups in total. The number of carbonyl (C=O) groups excluding carboxylic acids is 1. The number of hydrogen-bond acceptors (Lipinski definition) is 4. The lowest BCUT2D eigenvalue weighted by Gasteiger charge is -2.19. The molecule has 1 aromatic rings. The minimum absolute atomic E-state index is 0.00698. The molecule has 8 heteroatoms. The normalized spacial score (nSPS) is 18.8. The molecule has 1 aliphatic rings. The van der Waals surface area contributed by atoms with Gasteiger partial charge in [0.2, 0.25) is 15.9 Å². The fourth-order valence-corrected chi connectivity index (χ4v) is 4.55. The summed E-state index contributed by atoms with van der Waals surface area (Å²) in [5.41, 5.74) is 1.07. The lowest BCUT2D eigenvalue weighted by Crippen LogP contribution is -2.33. The molecule has 1 saturated heterocycles. The van der Waals surface area contributed by atoms with Crippen LogP contribution in [0.5, 0.6) is 0 Å². The SMILES string of the molecule is CNC(=O)C1CCN(S(=O)(=O)c2cc(C(=O)O)cc(C)c2C)C1. The second-order valence-electron chi connectivity index (χ2n) is 5.68. The van der Waals surface area contributed by atoms with Gasteiger partial charge in [0.05, 0.1) is 16.4 Å². The monoisotopic (exact) mass is 340 g/mol. The lowest BCUT2D eigenvalue weighted by molar-refractivity contribution is -0.124. The number of benzene rings is 1. The van der Waals surface area contributed by atoms with Crippen LogP contribution in [-0.4, -0.2) is 49.8 Å². The Hall–Kier alpha value is -1.93. The molecule has 1 aromatic carbocycles. The number of nitrogens with zero attached hydrogens (tertiary/aromatic N) is 1. The van der Waals surface area contributed by atoms with Crippen LogP contribution in [-0.2, 0) is 14.8 Å². The maximum absolute atomic E-state index is 12.8. The van der Waals surface area contributed by atoms with E-state index in [1.165, 1.54) is 23.5 Å². The van der Waals surface area contributed by atoms with Gasteiger partial charge < -0.3 is 10.4 Å². The Morgan fingerprint density at radius 3 is 2.52 bits per heavy atom. The molecule has 0 radical (unpaired) electrons. The summed E-state index contributed by atoms with van der Waals surface area (Å²) in [6.45, 7) is 3.69. The second-order valence-corrected chi connectivity index (χ2v) is 7.59. The van der Waals surface area contributed by atoms with E-state index >= 15 is 0 Å². The second kappa shape index (κ2) is 6.29.